The molecule has 1 aromatic carbocycles. The SMILES string of the molecule is O=C(Nc1ccccc1)[C@@H]1CCCN(Cc2ccc(S(=O)(=O)N3CCCC3)o2)C1. The first kappa shape index (κ1) is 20.1. The molecule has 2 aliphatic heterocycles. The van der Waals surface area contributed by atoms with Gasteiger partial charge in [0.05, 0.1) is 12.5 Å². The summed E-state index contributed by atoms with van der Waals surface area (Å²) >= 11 is 0. The lowest BCUT2D eigenvalue weighted by molar-refractivity contribution is -0.121. The van der Waals surface area contributed by atoms with Gasteiger partial charge in [-0.05, 0) is 56.5 Å². The minimum atomic E-state index is -3.53. The number of para-hydroxylation sites is 1. The third-order valence-electron chi connectivity index (χ3n) is 5.59. The van der Waals surface area contributed by atoms with E-state index in [0.29, 0.717) is 31.9 Å². The monoisotopic (exact) mass is 417 g/mol. The molecule has 0 aliphatic carbocycles. The lowest BCUT2D eigenvalue weighted by Gasteiger charge is -2.31. The molecule has 2 fully saturated rings. The van der Waals surface area contributed by atoms with Gasteiger partial charge in [-0.1, -0.05) is 18.2 Å². The second-order valence-electron chi connectivity index (χ2n) is 7.76. The Morgan fingerprint density at radius 2 is 1.79 bits per heavy atom. The molecule has 1 amide bonds. The minimum Gasteiger partial charge on any atom is -0.447 e. The number of likely N-dealkylation sites (tertiary alicyclic amines) is 1. The highest BCUT2D eigenvalue weighted by molar-refractivity contribution is 7.89. The van der Waals surface area contributed by atoms with E-state index in [1.54, 1.807) is 12.1 Å². The predicted octanol–water partition coefficient (Wildman–Crippen LogP) is 2.91. The van der Waals surface area contributed by atoms with E-state index in [0.717, 1.165) is 37.9 Å². The number of piperidine rings is 1. The van der Waals surface area contributed by atoms with Crippen molar-refractivity contribution in [3.8, 4) is 0 Å². The summed E-state index contributed by atoms with van der Waals surface area (Å²) < 4.78 is 32.4. The number of carbonyl (C=O) groups excluding carboxylic acids is 1. The largest absolute Gasteiger partial charge is 0.447 e. The minimum absolute atomic E-state index is 0.0183. The normalized spacial score (nSPS) is 21.3. The number of hydrogen-bond donors (Lipinski definition) is 1. The molecular formula is C21H27N3O4S. The van der Waals surface area contributed by atoms with Crippen molar-refractivity contribution in [2.75, 3.05) is 31.5 Å². The third-order valence-corrected chi connectivity index (χ3v) is 7.37. The van der Waals surface area contributed by atoms with Gasteiger partial charge in [-0.15, -0.1) is 0 Å². The summed E-state index contributed by atoms with van der Waals surface area (Å²) in [5, 5.41) is 3.00. The van der Waals surface area contributed by atoms with Crippen LogP contribution in [-0.4, -0.2) is 49.7 Å². The van der Waals surface area contributed by atoms with Gasteiger partial charge in [0, 0.05) is 25.3 Å². The maximum atomic E-state index is 12.6. The number of rotatable bonds is 6. The fraction of sp³-hybridized carbons (Fsp3) is 0.476. The fourth-order valence-electron chi connectivity index (χ4n) is 4.04. The van der Waals surface area contributed by atoms with Gasteiger partial charge < -0.3 is 9.73 Å². The molecule has 0 spiro atoms. The van der Waals surface area contributed by atoms with E-state index in [-0.39, 0.29) is 16.9 Å². The van der Waals surface area contributed by atoms with E-state index in [9.17, 15) is 13.2 Å². The molecule has 0 unspecified atom stereocenters. The zero-order valence-electron chi connectivity index (χ0n) is 16.4. The van der Waals surface area contributed by atoms with Crippen LogP contribution in [0.4, 0.5) is 5.69 Å². The summed E-state index contributed by atoms with van der Waals surface area (Å²) in [5.74, 6) is 0.552. The van der Waals surface area contributed by atoms with E-state index in [2.05, 4.69) is 10.2 Å². The summed E-state index contributed by atoms with van der Waals surface area (Å²) in [6.45, 7) is 3.12. The van der Waals surface area contributed by atoms with Gasteiger partial charge in [0.25, 0.3) is 10.0 Å². The summed E-state index contributed by atoms with van der Waals surface area (Å²) in [7, 11) is -3.53. The molecule has 1 N–H and O–H groups in total. The van der Waals surface area contributed by atoms with Crippen molar-refractivity contribution in [1.82, 2.24) is 9.21 Å². The van der Waals surface area contributed by atoms with Gasteiger partial charge in [-0.25, -0.2) is 8.42 Å². The van der Waals surface area contributed by atoms with Crippen LogP contribution in [-0.2, 0) is 21.4 Å². The zero-order valence-corrected chi connectivity index (χ0v) is 17.2. The van der Waals surface area contributed by atoms with Crippen LogP contribution in [0, 0.1) is 5.92 Å². The van der Waals surface area contributed by atoms with Crippen molar-refractivity contribution in [1.29, 1.82) is 0 Å². The number of benzene rings is 1. The van der Waals surface area contributed by atoms with Crippen molar-refractivity contribution in [2.45, 2.75) is 37.3 Å². The number of sulfonamides is 1. The molecule has 3 heterocycles. The predicted molar refractivity (Wildman–Crippen MR) is 110 cm³/mol. The van der Waals surface area contributed by atoms with Gasteiger partial charge >= 0.3 is 0 Å². The van der Waals surface area contributed by atoms with Gasteiger partial charge in [-0.2, -0.15) is 4.31 Å². The number of hydrogen-bond acceptors (Lipinski definition) is 5. The van der Waals surface area contributed by atoms with Crippen LogP contribution in [0.25, 0.3) is 0 Å². The first-order valence-corrected chi connectivity index (χ1v) is 11.6. The lowest BCUT2D eigenvalue weighted by Crippen LogP contribution is -2.40. The van der Waals surface area contributed by atoms with Gasteiger partial charge in [-0.3, -0.25) is 9.69 Å². The first-order chi connectivity index (χ1) is 14.0. The molecule has 29 heavy (non-hydrogen) atoms. The third kappa shape index (κ3) is 4.71. The van der Waals surface area contributed by atoms with E-state index < -0.39 is 10.0 Å². The van der Waals surface area contributed by atoms with Gasteiger partial charge in [0.1, 0.15) is 5.76 Å². The molecule has 156 valence electrons. The molecule has 2 aromatic rings. The lowest BCUT2D eigenvalue weighted by atomic mass is 9.97. The van der Waals surface area contributed by atoms with Crippen molar-refractivity contribution in [3.63, 3.8) is 0 Å². The highest BCUT2D eigenvalue weighted by Crippen LogP contribution is 2.25. The molecule has 0 saturated carbocycles. The van der Waals surface area contributed by atoms with E-state index in [4.69, 9.17) is 4.42 Å². The van der Waals surface area contributed by atoms with Gasteiger partial charge in [0.15, 0.2) is 0 Å². The number of carbonyl (C=O) groups is 1. The molecule has 2 aliphatic rings. The van der Waals surface area contributed by atoms with Crippen LogP contribution in [0.1, 0.15) is 31.4 Å². The Balaban J connectivity index is 1.36. The van der Waals surface area contributed by atoms with E-state index in [1.807, 2.05) is 30.3 Å². The number of amides is 1. The molecule has 7 nitrogen and oxygen atoms in total. The molecule has 8 heteroatoms. The second-order valence-corrected chi connectivity index (χ2v) is 9.63. The van der Waals surface area contributed by atoms with Crippen LogP contribution >= 0.6 is 0 Å². The highest BCUT2D eigenvalue weighted by Gasteiger charge is 2.31. The second kappa shape index (κ2) is 8.69. The number of furan rings is 1. The fourth-order valence-corrected chi connectivity index (χ4v) is 5.48. The van der Waals surface area contributed by atoms with Crippen molar-refractivity contribution in [3.05, 3.63) is 48.2 Å². The molecule has 4 rings (SSSR count). The Morgan fingerprint density at radius 1 is 1.03 bits per heavy atom. The molecule has 0 radical (unpaired) electrons. The Morgan fingerprint density at radius 3 is 2.55 bits per heavy atom. The smallest absolute Gasteiger partial charge is 0.276 e. The Kier molecular flexibility index (Phi) is 6.03. The number of nitrogens with zero attached hydrogens (tertiary/aromatic N) is 2. The average Bonchev–Trinajstić information content (AvgIpc) is 3.42. The van der Waals surface area contributed by atoms with Crippen LogP contribution in [0.2, 0.25) is 0 Å². The number of anilines is 1. The summed E-state index contributed by atoms with van der Waals surface area (Å²) in [5.41, 5.74) is 0.803. The topological polar surface area (TPSA) is 82.9 Å². The van der Waals surface area contributed by atoms with Crippen LogP contribution in [0.3, 0.4) is 0 Å². The summed E-state index contributed by atoms with van der Waals surface area (Å²) in [4.78, 5) is 14.8. The molecule has 1 atom stereocenters. The molecular weight excluding hydrogens is 390 g/mol. The highest BCUT2D eigenvalue weighted by atomic mass is 32.2. The molecule has 2 saturated heterocycles. The number of nitrogens with one attached hydrogen (secondary N) is 1. The zero-order chi connectivity index (χ0) is 20.3. The van der Waals surface area contributed by atoms with Crippen LogP contribution in [0.5, 0.6) is 0 Å². The van der Waals surface area contributed by atoms with Crippen LogP contribution in [0.15, 0.2) is 52.0 Å². The van der Waals surface area contributed by atoms with Crippen molar-refractivity contribution < 1.29 is 17.6 Å². The van der Waals surface area contributed by atoms with Crippen molar-refractivity contribution >= 4 is 21.6 Å². The first-order valence-electron chi connectivity index (χ1n) is 10.2. The van der Waals surface area contributed by atoms with Crippen LogP contribution < -0.4 is 5.32 Å². The quantitative estimate of drug-likeness (QED) is 0.781. The summed E-state index contributed by atoms with van der Waals surface area (Å²) in [6.07, 6.45) is 3.56. The van der Waals surface area contributed by atoms with E-state index >= 15 is 0 Å². The Bertz CT molecular complexity index is 936. The Labute approximate surface area is 171 Å². The van der Waals surface area contributed by atoms with E-state index in [1.165, 1.54) is 4.31 Å². The Hall–Kier alpha value is -2.16. The van der Waals surface area contributed by atoms with Gasteiger partial charge in [0.2, 0.25) is 11.0 Å². The molecule has 0 bridgehead atoms. The standard InChI is InChI=1S/C21H27N3O4S/c25-21(22-18-8-2-1-3-9-18)17-7-6-12-23(15-17)16-19-10-11-20(28-19)29(26,27)24-13-4-5-14-24/h1-3,8-11,17H,4-7,12-16H2,(H,22,25)/t17-/m1/s1. The summed E-state index contributed by atoms with van der Waals surface area (Å²) in [6, 6.07) is 12.7. The maximum Gasteiger partial charge on any atom is 0.276 e. The maximum absolute atomic E-state index is 12.6. The molecule has 1 aromatic heterocycles. The average molecular weight is 418 g/mol. The van der Waals surface area contributed by atoms with Crippen molar-refractivity contribution in [2.24, 2.45) is 5.92 Å².